The van der Waals surface area contributed by atoms with E-state index in [1.807, 2.05) is 31.2 Å². The van der Waals surface area contributed by atoms with Crippen LogP contribution in [0.15, 0.2) is 53.3 Å². The van der Waals surface area contributed by atoms with Gasteiger partial charge in [-0.05, 0) is 37.1 Å². The molecule has 32 heavy (non-hydrogen) atoms. The molecule has 2 aliphatic heterocycles. The van der Waals surface area contributed by atoms with E-state index < -0.39 is 17.6 Å². The molecule has 1 saturated heterocycles. The van der Waals surface area contributed by atoms with E-state index in [9.17, 15) is 9.59 Å². The van der Waals surface area contributed by atoms with Crippen LogP contribution < -0.4 is 10.5 Å². The predicted octanol–water partition coefficient (Wildman–Crippen LogP) is 2.29. The summed E-state index contributed by atoms with van der Waals surface area (Å²) in [6.45, 7) is 2.26. The molecule has 0 aliphatic carbocycles. The number of nitrogens with two attached hydrogens (primary N) is 1. The topological polar surface area (TPSA) is 124 Å². The maximum Gasteiger partial charge on any atom is 0.238 e. The zero-order valence-corrected chi connectivity index (χ0v) is 17.6. The highest BCUT2D eigenvalue weighted by atomic mass is 16.5. The van der Waals surface area contributed by atoms with Gasteiger partial charge in [0.25, 0.3) is 0 Å². The van der Waals surface area contributed by atoms with Crippen LogP contribution in [0.25, 0.3) is 11.4 Å². The SMILES string of the molecule is C[C@@]12C[C@@H](c3ccccc3O1)[C@H](C(N)=O)C(=O)N2CCCc1nc(-c2ccncc2)no1. The standard InChI is InChI=1S/C23H23N5O4/c1-23-13-16(15-5-2-3-6-17(15)31-23)19(20(24)29)22(30)28(23)12-4-7-18-26-21(27-32-18)14-8-10-25-11-9-14/h2-3,5-6,8-11,16,19H,4,7,12-13H2,1H3,(H2,24,29)/t16-,19+,23-/m0/s1. The number of primary amides is 1. The molecule has 2 aromatic heterocycles. The van der Waals surface area contributed by atoms with Crippen LogP contribution >= 0.6 is 0 Å². The van der Waals surface area contributed by atoms with Gasteiger partial charge < -0.3 is 19.9 Å². The smallest absolute Gasteiger partial charge is 0.238 e. The predicted molar refractivity (Wildman–Crippen MR) is 113 cm³/mol. The van der Waals surface area contributed by atoms with Gasteiger partial charge in [-0.2, -0.15) is 4.98 Å². The fraction of sp³-hybridized carbons (Fsp3) is 0.348. The van der Waals surface area contributed by atoms with Gasteiger partial charge in [0.1, 0.15) is 11.7 Å². The van der Waals surface area contributed by atoms with Crippen LogP contribution in [0, 0.1) is 5.92 Å². The molecular weight excluding hydrogens is 410 g/mol. The Morgan fingerprint density at radius 3 is 2.81 bits per heavy atom. The Morgan fingerprint density at radius 2 is 2.03 bits per heavy atom. The van der Waals surface area contributed by atoms with Gasteiger partial charge in [0.2, 0.25) is 23.5 Å². The van der Waals surface area contributed by atoms with Gasteiger partial charge >= 0.3 is 0 Å². The van der Waals surface area contributed by atoms with Crippen LogP contribution in [0.1, 0.15) is 37.1 Å². The number of amides is 2. The molecule has 3 aromatic rings. The molecule has 3 atom stereocenters. The van der Waals surface area contributed by atoms with Gasteiger partial charge in [0, 0.05) is 43.3 Å². The van der Waals surface area contributed by atoms with Crippen molar-refractivity contribution in [1.82, 2.24) is 20.0 Å². The largest absolute Gasteiger partial charge is 0.468 e. The fourth-order valence-electron chi connectivity index (χ4n) is 4.74. The molecular formula is C23H23N5O4. The number of likely N-dealkylation sites (tertiary alicyclic amines) is 1. The van der Waals surface area contributed by atoms with Crippen molar-refractivity contribution in [3.05, 3.63) is 60.2 Å². The lowest BCUT2D eigenvalue weighted by Gasteiger charge is -2.52. The Hall–Kier alpha value is -3.75. The molecule has 2 bridgehead atoms. The van der Waals surface area contributed by atoms with Gasteiger partial charge in [-0.3, -0.25) is 14.6 Å². The number of hydrogen-bond acceptors (Lipinski definition) is 7. The van der Waals surface area contributed by atoms with Crippen molar-refractivity contribution >= 4 is 11.8 Å². The molecule has 9 nitrogen and oxygen atoms in total. The molecule has 9 heteroatoms. The Balaban J connectivity index is 1.33. The maximum absolute atomic E-state index is 13.3. The quantitative estimate of drug-likeness (QED) is 0.591. The van der Waals surface area contributed by atoms with Crippen LogP contribution in [0.4, 0.5) is 0 Å². The summed E-state index contributed by atoms with van der Waals surface area (Å²) in [5.74, 6) is -0.442. The lowest BCUT2D eigenvalue weighted by molar-refractivity contribution is -0.175. The van der Waals surface area contributed by atoms with Crippen molar-refractivity contribution in [3.63, 3.8) is 0 Å². The lowest BCUT2D eigenvalue weighted by atomic mass is 9.73. The van der Waals surface area contributed by atoms with E-state index in [0.29, 0.717) is 43.3 Å². The Kier molecular flexibility index (Phi) is 4.88. The van der Waals surface area contributed by atoms with Crippen molar-refractivity contribution < 1.29 is 18.8 Å². The zero-order valence-electron chi connectivity index (χ0n) is 17.6. The summed E-state index contributed by atoms with van der Waals surface area (Å²) < 4.78 is 11.6. The van der Waals surface area contributed by atoms with Gasteiger partial charge in [-0.1, -0.05) is 23.4 Å². The zero-order chi connectivity index (χ0) is 22.3. The third-order valence-corrected chi connectivity index (χ3v) is 6.24. The number of nitrogens with zero attached hydrogens (tertiary/aromatic N) is 4. The Labute approximate surface area is 184 Å². The van der Waals surface area contributed by atoms with Crippen LogP contribution in [0.5, 0.6) is 5.75 Å². The third kappa shape index (κ3) is 3.39. The lowest BCUT2D eigenvalue weighted by Crippen LogP contribution is -2.64. The molecule has 164 valence electrons. The second-order valence-corrected chi connectivity index (χ2v) is 8.35. The summed E-state index contributed by atoms with van der Waals surface area (Å²) in [6, 6.07) is 11.1. The summed E-state index contributed by atoms with van der Waals surface area (Å²) in [7, 11) is 0. The van der Waals surface area contributed by atoms with E-state index in [0.717, 1.165) is 11.1 Å². The summed E-state index contributed by atoms with van der Waals surface area (Å²) in [5.41, 5.74) is 6.50. The summed E-state index contributed by atoms with van der Waals surface area (Å²) >= 11 is 0. The first-order chi connectivity index (χ1) is 15.5. The van der Waals surface area contributed by atoms with Crippen molar-refractivity contribution in [2.24, 2.45) is 11.7 Å². The Morgan fingerprint density at radius 1 is 1.25 bits per heavy atom. The molecule has 0 spiro atoms. The number of para-hydroxylation sites is 1. The van der Waals surface area contributed by atoms with Crippen molar-refractivity contribution in [2.75, 3.05) is 6.54 Å². The molecule has 2 aliphatic rings. The first-order valence-corrected chi connectivity index (χ1v) is 10.6. The van der Waals surface area contributed by atoms with Crippen LogP contribution in [0.2, 0.25) is 0 Å². The summed E-state index contributed by atoms with van der Waals surface area (Å²) in [4.78, 5) is 35.6. The van der Waals surface area contributed by atoms with Gasteiger partial charge in [-0.25, -0.2) is 0 Å². The number of carbonyl (C=O) groups excluding carboxylic acids is 2. The summed E-state index contributed by atoms with van der Waals surface area (Å²) in [5, 5.41) is 4.01. The molecule has 2 amide bonds. The minimum atomic E-state index is -0.908. The number of aromatic nitrogens is 3. The van der Waals surface area contributed by atoms with Crippen molar-refractivity contribution in [2.45, 2.75) is 37.8 Å². The number of piperidine rings is 1. The number of ether oxygens (including phenoxy) is 1. The van der Waals surface area contributed by atoms with E-state index >= 15 is 0 Å². The molecule has 0 unspecified atom stereocenters. The highest BCUT2D eigenvalue weighted by Gasteiger charge is 2.55. The van der Waals surface area contributed by atoms with Crippen LogP contribution in [-0.2, 0) is 16.0 Å². The molecule has 0 radical (unpaired) electrons. The number of hydrogen-bond donors (Lipinski definition) is 1. The van der Waals surface area contributed by atoms with E-state index in [-0.39, 0.29) is 11.8 Å². The summed E-state index contributed by atoms with van der Waals surface area (Å²) in [6.07, 6.45) is 4.90. The second kappa shape index (κ2) is 7.74. The van der Waals surface area contributed by atoms with E-state index in [2.05, 4.69) is 15.1 Å². The average Bonchev–Trinajstić information content (AvgIpc) is 3.25. The molecule has 5 rings (SSSR count). The number of benzene rings is 1. The number of pyridine rings is 1. The normalized spacial score (nSPS) is 24.0. The van der Waals surface area contributed by atoms with Crippen LogP contribution in [-0.4, -0.2) is 44.1 Å². The van der Waals surface area contributed by atoms with Crippen LogP contribution in [0.3, 0.4) is 0 Å². The molecule has 1 fully saturated rings. The maximum atomic E-state index is 13.3. The monoisotopic (exact) mass is 433 g/mol. The molecule has 4 heterocycles. The van der Waals surface area contributed by atoms with E-state index in [1.54, 1.807) is 29.4 Å². The third-order valence-electron chi connectivity index (χ3n) is 6.24. The fourth-order valence-corrected chi connectivity index (χ4v) is 4.74. The average molecular weight is 433 g/mol. The van der Waals surface area contributed by atoms with Gasteiger partial charge in [-0.15, -0.1) is 0 Å². The minimum Gasteiger partial charge on any atom is -0.468 e. The number of carbonyl (C=O) groups is 2. The highest BCUT2D eigenvalue weighted by Crippen LogP contribution is 2.50. The second-order valence-electron chi connectivity index (χ2n) is 8.35. The molecule has 0 saturated carbocycles. The van der Waals surface area contributed by atoms with Gasteiger partial charge in [0.05, 0.1) is 0 Å². The van der Waals surface area contributed by atoms with Crippen molar-refractivity contribution in [3.8, 4) is 17.1 Å². The highest BCUT2D eigenvalue weighted by molar-refractivity contribution is 6.01. The van der Waals surface area contributed by atoms with E-state index in [4.69, 9.17) is 15.0 Å². The first-order valence-electron chi connectivity index (χ1n) is 10.6. The van der Waals surface area contributed by atoms with E-state index in [1.165, 1.54) is 0 Å². The first kappa shape index (κ1) is 20.2. The van der Waals surface area contributed by atoms with Gasteiger partial charge in [0.15, 0.2) is 5.72 Å². The number of aryl methyl sites for hydroxylation is 1. The molecule has 1 aromatic carbocycles. The minimum absolute atomic E-state index is 0.287. The van der Waals surface area contributed by atoms with Crippen molar-refractivity contribution in [1.29, 1.82) is 0 Å². The number of fused-ring (bicyclic) bond motifs is 4. The molecule has 2 N–H and O–H groups in total. The Bertz CT molecular complexity index is 1160. The number of rotatable bonds is 6.